The van der Waals surface area contributed by atoms with Gasteiger partial charge in [-0.3, -0.25) is 4.99 Å². The maximum absolute atomic E-state index is 5.77. The minimum atomic E-state index is 0.601. The first-order valence-corrected chi connectivity index (χ1v) is 9.89. The van der Waals surface area contributed by atoms with Gasteiger partial charge in [-0.2, -0.15) is 0 Å². The van der Waals surface area contributed by atoms with Gasteiger partial charge in [0.25, 0.3) is 0 Å². The van der Waals surface area contributed by atoms with Crippen molar-refractivity contribution in [1.82, 2.24) is 5.32 Å². The predicted octanol–water partition coefficient (Wildman–Crippen LogP) is 3.49. The highest BCUT2D eigenvalue weighted by atomic mass is 16.5. The van der Waals surface area contributed by atoms with Crippen LogP contribution in [0.1, 0.15) is 18.9 Å². The maximum Gasteiger partial charge on any atom is 0.195 e. The van der Waals surface area contributed by atoms with E-state index in [-0.39, 0.29) is 0 Å². The van der Waals surface area contributed by atoms with Crippen LogP contribution in [0.2, 0.25) is 0 Å². The van der Waals surface area contributed by atoms with Crippen LogP contribution in [-0.2, 0) is 6.42 Å². The van der Waals surface area contributed by atoms with E-state index in [1.165, 1.54) is 0 Å². The predicted molar refractivity (Wildman–Crippen MR) is 115 cm³/mol. The first-order valence-electron chi connectivity index (χ1n) is 9.89. The molecule has 7 nitrogen and oxygen atoms in total. The lowest BCUT2D eigenvalue weighted by Crippen LogP contribution is -2.30. The molecule has 29 heavy (non-hydrogen) atoms. The number of hydrogen-bond donors (Lipinski definition) is 2. The first-order chi connectivity index (χ1) is 14.2. The Hall–Kier alpha value is -3.09. The van der Waals surface area contributed by atoms with Gasteiger partial charge in [0.15, 0.2) is 17.5 Å². The fourth-order valence-corrected chi connectivity index (χ4v) is 3.05. The molecular weight excluding hydrogens is 370 g/mol. The van der Waals surface area contributed by atoms with Crippen molar-refractivity contribution in [3.8, 4) is 23.0 Å². The monoisotopic (exact) mass is 399 g/mol. The van der Waals surface area contributed by atoms with Crippen molar-refractivity contribution < 1.29 is 18.9 Å². The minimum Gasteiger partial charge on any atom is -0.497 e. The Morgan fingerprint density at radius 2 is 1.86 bits per heavy atom. The second-order valence-electron chi connectivity index (χ2n) is 6.53. The van der Waals surface area contributed by atoms with Crippen molar-refractivity contribution in [2.45, 2.75) is 19.8 Å². The number of methoxy groups -OCH3 is 2. The highest BCUT2D eigenvalue weighted by Gasteiger charge is 2.11. The zero-order valence-corrected chi connectivity index (χ0v) is 17.3. The van der Waals surface area contributed by atoms with Crippen LogP contribution in [0.15, 0.2) is 41.4 Å². The molecule has 1 heterocycles. The summed E-state index contributed by atoms with van der Waals surface area (Å²) in [5, 5.41) is 6.61. The number of guanidine groups is 1. The SMILES string of the molecule is CCNC(=NCCc1cc(OC)ccc1OC)Nc1ccc2c(c1)OCCCO2. The van der Waals surface area contributed by atoms with Crippen LogP contribution in [0, 0.1) is 0 Å². The molecule has 0 bridgehead atoms. The van der Waals surface area contributed by atoms with Crippen LogP contribution >= 0.6 is 0 Å². The molecule has 2 aromatic rings. The van der Waals surface area contributed by atoms with E-state index in [0.717, 1.165) is 53.6 Å². The number of aliphatic imine (C=N–C) groups is 1. The average molecular weight is 399 g/mol. The summed E-state index contributed by atoms with van der Waals surface area (Å²) in [6, 6.07) is 11.6. The summed E-state index contributed by atoms with van der Waals surface area (Å²) in [5.41, 5.74) is 1.95. The Morgan fingerprint density at radius 3 is 2.62 bits per heavy atom. The number of ether oxygens (including phenoxy) is 4. The molecule has 0 atom stereocenters. The van der Waals surface area contributed by atoms with Crippen LogP contribution < -0.4 is 29.6 Å². The van der Waals surface area contributed by atoms with Crippen LogP contribution in [0.5, 0.6) is 23.0 Å². The highest BCUT2D eigenvalue weighted by molar-refractivity contribution is 5.93. The minimum absolute atomic E-state index is 0.601. The lowest BCUT2D eigenvalue weighted by Gasteiger charge is -2.14. The van der Waals surface area contributed by atoms with Crippen molar-refractivity contribution in [2.75, 3.05) is 45.8 Å². The van der Waals surface area contributed by atoms with Gasteiger partial charge in [-0.1, -0.05) is 0 Å². The smallest absolute Gasteiger partial charge is 0.195 e. The molecule has 0 aliphatic carbocycles. The van der Waals surface area contributed by atoms with Gasteiger partial charge in [0.1, 0.15) is 11.5 Å². The third-order valence-corrected chi connectivity index (χ3v) is 4.49. The lowest BCUT2D eigenvalue weighted by molar-refractivity contribution is 0.297. The van der Waals surface area contributed by atoms with Crippen molar-refractivity contribution in [1.29, 1.82) is 0 Å². The molecule has 3 rings (SSSR count). The van der Waals surface area contributed by atoms with E-state index in [1.54, 1.807) is 14.2 Å². The van der Waals surface area contributed by atoms with Gasteiger partial charge in [-0.05, 0) is 49.2 Å². The molecule has 2 aromatic carbocycles. The first kappa shape index (κ1) is 20.6. The molecule has 0 unspecified atom stereocenters. The summed E-state index contributed by atoms with van der Waals surface area (Å²) in [5.74, 6) is 3.89. The molecule has 0 saturated heterocycles. The van der Waals surface area contributed by atoms with Crippen LogP contribution in [0.25, 0.3) is 0 Å². The highest BCUT2D eigenvalue weighted by Crippen LogP contribution is 2.32. The normalized spacial score (nSPS) is 13.4. The van der Waals surface area contributed by atoms with Crippen molar-refractivity contribution in [3.05, 3.63) is 42.0 Å². The van der Waals surface area contributed by atoms with E-state index in [4.69, 9.17) is 23.9 Å². The van der Waals surface area contributed by atoms with Gasteiger partial charge in [-0.15, -0.1) is 0 Å². The summed E-state index contributed by atoms with van der Waals surface area (Å²) in [6.07, 6.45) is 1.62. The third kappa shape index (κ3) is 5.70. The van der Waals surface area contributed by atoms with Gasteiger partial charge in [0.05, 0.1) is 27.4 Å². The fourth-order valence-electron chi connectivity index (χ4n) is 3.05. The van der Waals surface area contributed by atoms with Crippen LogP contribution in [0.4, 0.5) is 5.69 Å². The summed E-state index contributed by atoms with van der Waals surface area (Å²) >= 11 is 0. The van der Waals surface area contributed by atoms with Crippen LogP contribution in [0.3, 0.4) is 0 Å². The molecule has 2 N–H and O–H groups in total. The van der Waals surface area contributed by atoms with Gasteiger partial charge < -0.3 is 29.6 Å². The van der Waals surface area contributed by atoms with Gasteiger partial charge >= 0.3 is 0 Å². The Balaban J connectivity index is 1.68. The van der Waals surface area contributed by atoms with E-state index in [2.05, 4.69) is 10.6 Å². The fraction of sp³-hybridized carbons (Fsp3) is 0.409. The maximum atomic E-state index is 5.77. The number of fused-ring (bicyclic) bond motifs is 1. The topological polar surface area (TPSA) is 73.3 Å². The van der Waals surface area contributed by atoms with Crippen molar-refractivity contribution in [2.24, 2.45) is 4.99 Å². The zero-order chi connectivity index (χ0) is 20.5. The van der Waals surface area contributed by atoms with Gasteiger partial charge in [0, 0.05) is 31.3 Å². The molecule has 156 valence electrons. The molecule has 0 radical (unpaired) electrons. The molecule has 1 aliphatic rings. The average Bonchev–Trinajstić information content (AvgIpc) is 2.98. The van der Waals surface area contributed by atoms with E-state index in [9.17, 15) is 0 Å². The lowest BCUT2D eigenvalue weighted by atomic mass is 10.1. The van der Waals surface area contributed by atoms with E-state index in [0.29, 0.717) is 25.7 Å². The standard InChI is InChI=1S/C22H29N3O4/c1-4-23-22(24-11-10-16-14-18(26-2)7-9-19(16)27-3)25-17-6-8-20-21(15-17)29-13-5-12-28-20/h6-9,14-15H,4-5,10-13H2,1-3H3,(H2,23,24,25). The Morgan fingerprint density at radius 1 is 1.03 bits per heavy atom. The summed E-state index contributed by atoms with van der Waals surface area (Å²) < 4.78 is 22.2. The number of benzene rings is 2. The number of nitrogens with zero attached hydrogens (tertiary/aromatic N) is 1. The molecule has 0 spiro atoms. The molecule has 1 aliphatic heterocycles. The summed E-state index contributed by atoms with van der Waals surface area (Å²) in [7, 11) is 3.33. The van der Waals surface area contributed by atoms with Gasteiger partial charge in [-0.25, -0.2) is 0 Å². The number of nitrogens with one attached hydrogen (secondary N) is 2. The summed E-state index contributed by atoms with van der Waals surface area (Å²) in [4.78, 5) is 4.69. The number of hydrogen-bond acceptors (Lipinski definition) is 5. The Kier molecular flexibility index (Phi) is 7.44. The Labute approximate surface area is 172 Å². The second-order valence-corrected chi connectivity index (χ2v) is 6.53. The molecule has 0 aromatic heterocycles. The number of rotatable bonds is 7. The number of anilines is 1. The molecule has 7 heteroatoms. The van der Waals surface area contributed by atoms with E-state index in [1.807, 2.05) is 43.3 Å². The zero-order valence-electron chi connectivity index (χ0n) is 17.3. The quantitative estimate of drug-likeness (QED) is 0.549. The third-order valence-electron chi connectivity index (χ3n) is 4.49. The van der Waals surface area contributed by atoms with Crippen LogP contribution in [-0.4, -0.2) is 46.5 Å². The van der Waals surface area contributed by atoms with E-state index >= 15 is 0 Å². The Bertz CT molecular complexity index is 839. The summed E-state index contributed by atoms with van der Waals surface area (Å²) in [6.45, 7) is 4.74. The van der Waals surface area contributed by atoms with E-state index < -0.39 is 0 Å². The molecule has 0 saturated carbocycles. The van der Waals surface area contributed by atoms with Crippen molar-refractivity contribution >= 4 is 11.6 Å². The molecular formula is C22H29N3O4. The largest absolute Gasteiger partial charge is 0.497 e. The molecule has 0 amide bonds. The van der Waals surface area contributed by atoms with Crippen molar-refractivity contribution in [3.63, 3.8) is 0 Å². The molecule has 0 fully saturated rings. The second kappa shape index (κ2) is 10.5. The van der Waals surface area contributed by atoms with Gasteiger partial charge in [0.2, 0.25) is 0 Å².